The molecule has 3 nitrogen and oxygen atoms in total. The van der Waals surface area contributed by atoms with E-state index < -0.39 is 0 Å². The number of hydrogen-bond acceptors (Lipinski definition) is 1. The zero-order valence-electron chi connectivity index (χ0n) is 11.8. The average Bonchev–Trinajstić information content (AvgIpc) is 2.43. The van der Waals surface area contributed by atoms with Crippen molar-refractivity contribution in [3.63, 3.8) is 0 Å². The van der Waals surface area contributed by atoms with Gasteiger partial charge in [-0.05, 0) is 30.7 Å². The molecule has 0 bridgehead atoms. The van der Waals surface area contributed by atoms with Crippen LogP contribution < -0.4 is 5.32 Å². The van der Waals surface area contributed by atoms with Gasteiger partial charge in [0.25, 0.3) is 0 Å². The molecule has 0 spiro atoms. The molecule has 0 radical (unpaired) electrons. The van der Waals surface area contributed by atoms with E-state index in [1.807, 2.05) is 14.1 Å². The number of benzene rings is 1. The molecule has 0 atom stereocenters. The summed E-state index contributed by atoms with van der Waals surface area (Å²) in [6.45, 7) is 2.23. The number of piperidine rings is 1. The first-order valence-corrected chi connectivity index (χ1v) is 6.77. The van der Waals surface area contributed by atoms with E-state index in [0.29, 0.717) is 0 Å². The monoisotopic (exact) mass is 373 g/mol. The Bertz CT molecular complexity index is 384. The first-order valence-electron chi connectivity index (χ1n) is 6.77. The summed E-state index contributed by atoms with van der Waals surface area (Å²) >= 11 is 0. The van der Waals surface area contributed by atoms with Crippen molar-refractivity contribution in [3.8, 4) is 0 Å². The number of nitrogens with zero attached hydrogens (tertiary/aromatic N) is 2. The van der Waals surface area contributed by atoms with Crippen LogP contribution in [0.3, 0.4) is 0 Å². The van der Waals surface area contributed by atoms with Crippen LogP contribution in [0.1, 0.15) is 18.4 Å². The van der Waals surface area contributed by atoms with Gasteiger partial charge in [0.1, 0.15) is 0 Å². The smallest absolute Gasteiger partial charge is 0.193 e. The highest BCUT2D eigenvalue weighted by Gasteiger charge is 2.20. The molecule has 1 heterocycles. The lowest BCUT2D eigenvalue weighted by molar-refractivity contribution is 0.260. The van der Waals surface area contributed by atoms with Crippen LogP contribution >= 0.6 is 24.0 Å². The molecule has 4 heteroatoms. The largest absolute Gasteiger partial charge is 0.359 e. The average molecular weight is 373 g/mol. The Hall–Kier alpha value is -0.780. The minimum atomic E-state index is 0. The summed E-state index contributed by atoms with van der Waals surface area (Å²) in [7, 11) is 3.79. The molecule has 106 valence electrons. The van der Waals surface area contributed by atoms with E-state index in [2.05, 4.69) is 45.5 Å². The van der Waals surface area contributed by atoms with E-state index in [1.165, 1.54) is 24.8 Å². The van der Waals surface area contributed by atoms with E-state index >= 15 is 0 Å². The standard InChI is InChI=1S/C15H23N3.HI/c1-16-15(17-2)18-10-8-14(9-11-18)12-13-6-4-3-5-7-13;/h3-7,14H,8-12H2,1-2H3,(H,16,17);1H. The van der Waals surface area contributed by atoms with Gasteiger partial charge in [0.2, 0.25) is 0 Å². The summed E-state index contributed by atoms with van der Waals surface area (Å²) in [5, 5.41) is 3.16. The Balaban J connectivity index is 0.00000180. The molecule has 0 amide bonds. The molecule has 1 saturated heterocycles. The quantitative estimate of drug-likeness (QED) is 0.491. The zero-order chi connectivity index (χ0) is 12.8. The highest BCUT2D eigenvalue weighted by Crippen LogP contribution is 2.21. The van der Waals surface area contributed by atoms with Crippen LogP contribution in [0.2, 0.25) is 0 Å². The van der Waals surface area contributed by atoms with Gasteiger partial charge >= 0.3 is 0 Å². The third-order valence-corrected chi connectivity index (χ3v) is 3.72. The van der Waals surface area contributed by atoms with Crippen molar-refractivity contribution in [1.82, 2.24) is 10.2 Å². The van der Waals surface area contributed by atoms with E-state index in [4.69, 9.17) is 0 Å². The third-order valence-electron chi connectivity index (χ3n) is 3.72. The normalized spacial score (nSPS) is 16.9. The fourth-order valence-corrected chi connectivity index (χ4v) is 2.71. The lowest BCUT2D eigenvalue weighted by atomic mass is 9.90. The molecule has 0 saturated carbocycles. The Morgan fingerprint density at radius 1 is 1.26 bits per heavy atom. The Morgan fingerprint density at radius 2 is 1.89 bits per heavy atom. The lowest BCUT2D eigenvalue weighted by Gasteiger charge is -2.33. The predicted molar refractivity (Wildman–Crippen MR) is 92.3 cm³/mol. The summed E-state index contributed by atoms with van der Waals surface area (Å²) in [6.07, 6.45) is 3.73. The number of halogens is 1. The second-order valence-corrected chi connectivity index (χ2v) is 4.92. The highest BCUT2D eigenvalue weighted by atomic mass is 127. The van der Waals surface area contributed by atoms with Gasteiger partial charge in [-0.1, -0.05) is 30.3 Å². The second kappa shape index (κ2) is 8.40. The van der Waals surface area contributed by atoms with Crippen LogP contribution in [0.15, 0.2) is 35.3 Å². The molecule has 1 N–H and O–H groups in total. The molecule has 0 unspecified atom stereocenters. The molecular weight excluding hydrogens is 349 g/mol. The SMILES string of the molecule is CN=C(NC)N1CCC(Cc2ccccc2)CC1.I. The molecule has 0 aromatic heterocycles. The second-order valence-electron chi connectivity index (χ2n) is 4.92. The van der Waals surface area contributed by atoms with Crippen molar-refractivity contribution in [1.29, 1.82) is 0 Å². The maximum Gasteiger partial charge on any atom is 0.193 e. The Morgan fingerprint density at radius 3 is 2.42 bits per heavy atom. The van der Waals surface area contributed by atoms with Crippen LogP contribution in [-0.2, 0) is 6.42 Å². The topological polar surface area (TPSA) is 27.6 Å². The molecule has 0 aliphatic carbocycles. The van der Waals surface area contributed by atoms with Crippen molar-refractivity contribution >= 4 is 29.9 Å². The van der Waals surface area contributed by atoms with Gasteiger partial charge in [0, 0.05) is 27.2 Å². The van der Waals surface area contributed by atoms with Crippen molar-refractivity contribution < 1.29 is 0 Å². The Labute approximate surface area is 133 Å². The molecule has 1 aromatic rings. The Kier molecular flexibility index (Phi) is 7.20. The molecule has 2 rings (SSSR count). The van der Waals surface area contributed by atoms with E-state index in [-0.39, 0.29) is 24.0 Å². The predicted octanol–water partition coefficient (Wildman–Crippen LogP) is 2.76. The maximum absolute atomic E-state index is 4.27. The molecule has 1 aromatic carbocycles. The molecule has 1 aliphatic heterocycles. The summed E-state index contributed by atoms with van der Waals surface area (Å²) < 4.78 is 0. The fourth-order valence-electron chi connectivity index (χ4n) is 2.71. The van der Waals surface area contributed by atoms with Crippen LogP contribution in [0.25, 0.3) is 0 Å². The minimum absolute atomic E-state index is 0. The molecular formula is C15H24IN3. The van der Waals surface area contributed by atoms with E-state index in [1.54, 1.807) is 0 Å². The van der Waals surface area contributed by atoms with Crippen LogP contribution in [0, 0.1) is 5.92 Å². The van der Waals surface area contributed by atoms with Crippen LogP contribution in [0.4, 0.5) is 0 Å². The van der Waals surface area contributed by atoms with E-state index in [0.717, 1.165) is 25.0 Å². The van der Waals surface area contributed by atoms with Crippen molar-refractivity contribution in [2.75, 3.05) is 27.2 Å². The summed E-state index contributed by atoms with van der Waals surface area (Å²) in [5.74, 6) is 1.84. The van der Waals surface area contributed by atoms with Crippen molar-refractivity contribution in [3.05, 3.63) is 35.9 Å². The van der Waals surface area contributed by atoms with Gasteiger partial charge in [-0.25, -0.2) is 0 Å². The van der Waals surface area contributed by atoms with E-state index in [9.17, 15) is 0 Å². The first-order chi connectivity index (χ1) is 8.83. The summed E-state index contributed by atoms with van der Waals surface area (Å²) in [6, 6.07) is 10.8. The van der Waals surface area contributed by atoms with Gasteiger partial charge in [-0.15, -0.1) is 24.0 Å². The van der Waals surface area contributed by atoms with Gasteiger partial charge in [-0.2, -0.15) is 0 Å². The maximum atomic E-state index is 4.27. The molecule has 19 heavy (non-hydrogen) atoms. The summed E-state index contributed by atoms with van der Waals surface area (Å²) in [4.78, 5) is 6.62. The minimum Gasteiger partial charge on any atom is -0.359 e. The fraction of sp³-hybridized carbons (Fsp3) is 0.533. The van der Waals surface area contributed by atoms with Crippen LogP contribution in [0.5, 0.6) is 0 Å². The van der Waals surface area contributed by atoms with Gasteiger partial charge in [0.15, 0.2) is 5.96 Å². The molecule has 1 fully saturated rings. The van der Waals surface area contributed by atoms with Gasteiger partial charge in [-0.3, -0.25) is 4.99 Å². The number of guanidine groups is 1. The zero-order valence-corrected chi connectivity index (χ0v) is 14.1. The number of likely N-dealkylation sites (tertiary alicyclic amines) is 1. The van der Waals surface area contributed by atoms with Gasteiger partial charge < -0.3 is 10.2 Å². The highest BCUT2D eigenvalue weighted by molar-refractivity contribution is 14.0. The third kappa shape index (κ3) is 4.67. The van der Waals surface area contributed by atoms with Crippen LogP contribution in [-0.4, -0.2) is 38.0 Å². The first kappa shape index (κ1) is 16.3. The number of hydrogen-bond donors (Lipinski definition) is 1. The molecule has 1 aliphatic rings. The summed E-state index contributed by atoms with van der Waals surface area (Å²) in [5.41, 5.74) is 1.47. The number of aliphatic imine (C=N–C) groups is 1. The van der Waals surface area contributed by atoms with Crippen molar-refractivity contribution in [2.24, 2.45) is 10.9 Å². The van der Waals surface area contributed by atoms with Gasteiger partial charge in [0.05, 0.1) is 0 Å². The number of nitrogens with one attached hydrogen (secondary N) is 1. The lowest BCUT2D eigenvalue weighted by Crippen LogP contribution is -2.44. The number of rotatable bonds is 2. The van der Waals surface area contributed by atoms with Crippen molar-refractivity contribution in [2.45, 2.75) is 19.3 Å².